The van der Waals surface area contributed by atoms with E-state index in [4.69, 9.17) is 0 Å². The highest BCUT2D eigenvalue weighted by Crippen LogP contribution is 2.28. The fourth-order valence-corrected chi connectivity index (χ4v) is 4.38. The van der Waals surface area contributed by atoms with Crippen molar-refractivity contribution in [3.8, 4) is 5.69 Å². The first-order chi connectivity index (χ1) is 15.3. The molecule has 2 aromatic carbocycles. The number of anilines is 1. The van der Waals surface area contributed by atoms with Crippen LogP contribution in [0.5, 0.6) is 0 Å². The van der Waals surface area contributed by atoms with Gasteiger partial charge < -0.3 is 4.57 Å². The van der Waals surface area contributed by atoms with E-state index in [0.29, 0.717) is 5.69 Å². The lowest BCUT2D eigenvalue weighted by molar-refractivity contribution is -0.122. The Morgan fingerprint density at radius 1 is 1.00 bits per heavy atom. The summed E-state index contributed by atoms with van der Waals surface area (Å²) >= 11 is 3.35. The summed E-state index contributed by atoms with van der Waals surface area (Å²) in [5.41, 5.74) is 5.19. The number of hydrogen-bond donors (Lipinski definition) is 1. The molecular weight excluding hydrogens is 470 g/mol. The van der Waals surface area contributed by atoms with Gasteiger partial charge in [0.2, 0.25) is 0 Å². The second-order valence-corrected chi connectivity index (χ2v) is 8.50. The predicted octanol–water partition coefficient (Wildman–Crippen LogP) is 5.09. The number of carbonyl (C=O) groups excluding carboxylic acids is 3. The molecule has 32 heavy (non-hydrogen) atoms. The molecule has 4 rings (SSSR count). The van der Waals surface area contributed by atoms with Gasteiger partial charge in [0.05, 0.1) is 5.69 Å². The standard InChI is InChI=1S/C25H22BrN3O3/c1-4-17-8-5-6-11-22(17)28-15(2)12-18(16(28)3)13-21-23(30)27-25(32)29(24(21)31)20-10-7-9-19(26)14-20/h5-14H,4H2,1-3H3,(H,27,30,32)/b21-13+. The number of barbiturate groups is 1. The number of rotatable bonds is 4. The van der Waals surface area contributed by atoms with Crippen LogP contribution < -0.4 is 10.2 Å². The summed E-state index contributed by atoms with van der Waals surface area (Å²) in [6.07, 6.45) is 2.44. The van der Waals surface area contributed by atoms with E-state index in [1.165, 1.54) is 5.56 Å². The lowest BCUT2D eigenvalue weighted by atomic mass is 10.1. The molecule has 1 aromatic heterocycles. The maximum atomic E-state index is 13.2. The molecule has 0 spiro atoms. The lowest BCUT2D eigenvalue weighted by Gasteiger charge is -2.26. The highest BCUT2D eigenvalue weighted by molar-refractivity contribution is 9.10. The number of para-hydroxylation sites is 1. The van der Waals surface area contributed by atoms with E-state index in [1.807, 2.05) is 32.0 Å². The van der Waals surface area contributed by atoms with E-state index in [1.54, 1.807) is 30.3 Å². The second kappa shape index (κ2) is 8.59. The summed E-state index contributed by atoms with van der Waals surface area (Å²) in [5.74, 6) is -1.36. The van der Waals surface area contributed by atoms with Gasteiger partial charge in [-0.05, 0) is 67.8 Å². The number of carbonyl (C=O) groups is 3. The number of amides is 4. The molecule has 1 fully saturated rings. The van der Waals surface area contributed by atoms with Crippen LogP contribution in [-0.4, -0.2) is 22.4 Å². The van der Waals surface area contributed by atoms with Crippen LogP contribution in [0.4, 0.5) is 10.5 Å². The summed E-state index contributed by atoms with van der Waals surface area (Å²) in [5, 5.41) is 2.28. The van der Waals surface area contributed by atoms with Crippen LogP contribution in [0.1, 0.15) is 29.4 Å². The summed E-state index contributed by atoms with van der Waals surface area (Å²) in [4.78, 5) is 39.2. The number of nitrogens with one attached hydrogen (secondary N) is 1. The smallest absolute Gasteiger partial charge is 0.318 e. The molecule has 0 bridgehead atoms. The minimum absolute atomic E-state index is 0.0893. The topological polar surface area (TPSA) is 71.4 Å². The Kier molecular flexibility index (Phi) is 5.84. The molecule has 1 N–H and O–H groups in total. The molecule has 3 aromatic rings. The van der Waals surface area contributed by atoms with E-state index in [9.17, 15) is 14.4 Å². The zero-order chi connectivity index (χ0) is 23.0. The summed E-state index contributed by atoms with van der Waals surface area (Å²) in [6, 6.07) is 16.1. The monoisotopic (exact) mass is 491 g/mol. The minimum atomic E-state index is -0.766. The van der Waals surface area contributed by atoms with Gasteiger partial charge in [-0.1, -0.05) is 47.1 Å². The van der Waals surface area contributed by atoms with Gasteiger partial charge in [0, 0.05) is 21.5 Å². The van der Waals surface area contributed by atoms with Gasteiger partial charge in [-0.25, -0.2) is 9.69 Å². The van der Waals surface area contributed by atoms with Crippen molar-refractivity contribution in [2.75, 3.05) is 4.90 Å². The van der Waals surface area contributed by atoms with Crippen LogP contribution >= 0.6 is 15.9 Å². The molecule has 1 aliphatic rings. The number of benzene rings is 2. The number of nitrogens with zero attached hydrogens (tertiary/aromatic N) is 2. The van der Waals surface area contributed by atoms with Crippen LogP contribution in [0.15, 0.2) is 64.6 Å². The normalized spacial score (nSPS) is 15.4. The number of hydrogen-bond acceptors (Lipinski definition) is 3. The molecule has 0 unspecified atom stereocenters. The average molecular weight is 492 g/mol. The zero-order valence-corrected chi connectivity index (χ0v) is 19.6. The maximum absolute atomic E-state index is 13.2. The average Bonchev–Trinajstić information content (AvgIpc) is 3.03. The fourth-order valence-electron chi connectivity index (χ4n) is 4.00. The fraction of sp³-hybridized carbons (Fsp3) is 0.160. The largest absolute Gasteiger partial charge is 0.335 e. The first kappa shape index (κ1) is 21.8. The van der Waals surface area contributed by atoms with Gasteiger partial charge in [-0.15, -0.1) is 0 Å². The van der Waals surface area contributed by atoms with Gasteiger partial charge >= 0.3 is 6.03 Å². The SMILES string of the molecule is CCc1ccccc1-n1c(C)cc(/C=C2\C(=O)NC(=O)N(c3cccc(Br)c3)C2=O)c1C. The maximum Gasteiger partial charge on any atom is 0.335 e. The third kappa shape index (κ3) is 3.80. The van der Waals surface area contributed by atoms with Gasteiger partial charge in [0.15, 0.2) is 0 Å². The highest BCUT2D eigenvalue weighted by Gasteiger charge is 2.37. The second-order valence-electron chi connectivity index (χ2n) is 7.58. The molecule has 0 radical (unpaired) electrons. The van der Waals surface area contributed by atoms with Crippen molar-refractivity contribution in [3.05, 3.63) is 87.2 Å². The molecule has 1 aliphatic heterocycles. The molecular formula is C25H22BrN3O3. The van der Waals surface area contributed by atoms with Crippen molar-refractivity contribution in [2.24, 2.45) is 0 Å². The van der Waals surface area contributed by atoms with Crippen LogP contribution in [-0.2, 0) is 16.0 Å². The first-order valence-electron chi connectivity index (χ1n) is 10.3. The van der Waals surface area contributed by atoms with E-state index in [2.05, 4.69) is 44.9 Å². The Morgan fingerprint density at radius 3 is 2.47 bits per heavy atom. The first-order valence-corrected chi connectivity index (χ1v) is 11.1. The molecule has 4 amide bonds. The highest BCUT2D eigenvalue weighted by atomic mass is 79.9. The summed E-state index contributed by atoms with van der Waals surface area (Å²) in [6.45, 7) is 6.05. The number of aryl methyl sites for hydroxylation is 2. The summed E-state index contributed by atoms with van der Waals surface area (Å²) in [7, 11) is 0. The molecule has 0 aliphatic carbocycles. The van der Waals surface area contributed by atoms with E-state index in [-0.39, 0.29) is 5.57 Å². The molecule has 2 heterocycles. The quantitative estimate of drug-likeness (QED) is 0.408. The van der Waals surface area contributed by atoms with Gasteiger partial charge in [-0.3, -0.25) is 14.9 Å². The van der Waals surface area contributed by atoms with Crippen molar-refractivity contribution in [1.82, 2.24) is 9.88 Å². The molecule has 0 atom stereocenters. The van der Waals surface area contributed by atoms with Gasteiger partial charge in [-0.2, -0.15) is 0 Å². The Hall–Kier alpha value is -3.45. The Bertz CT molecular complexity index is 1290. The Balaban J connectivity index is 1.79. The number of urea groups is 1. The molecule has 1 saturated heterocycles. The van der Waals surface area contributed by atoms with E-state index in [0.717, 1.165) is 38.4 Å². The molecule has 162 valence electrons. The zero-order valence-electron chi connectivity index (χ0n) is 18.0. The van der Waals surface area contributed by atoms with E-state index >= 15 is 0 Å². The number of halogens is 1. The van der Waals surface area contributed by atoms with Crippen LogP contribution in [0.3, 0.4) is 0 Å². The van der Waals surface area contributed by atoms with Crippen molar-refractivity contribution in [1.29, 1.82) is 0 Å². The van der Waals surface area contributed by atoms with Gasteiger partial charge in [0.1, 0.15) is 5.57 Å². The molecule has 0 saturated carbocycles. The molecule has 7 heteroatoms. The third-order valence-corrected chi connectivity index (χ3v) is 6.04. The van der Waals surface area contributed by atoms with Crippen molar-refractivity contribution in [3.63, 3.8) is 0 Å². The predicted molar refractivity (Wildman–Crippen MR) is 128 cm³/mol. The molecule has 6 nitrogen and oxygen atoms in total. The minimum Gasteiger partial charge on any atom is -0.318 e. The van der Waals surface area contributed by atoms with Crippen LogP contribution in [0.2, 0.25) is 0 Å². The Labute approximate surface area is 194 Å². The van der Waals surface area contributed by atoms with Crippen molar-refractivity contribution < 1.29 is 14.4 Å². The van der Waals surface area contributed by atoms with Crippen molar-refractivity contribution >= 4 is 45.5 Å². The summed E-state index contributed by atoms with van der Waals surface area (Å²) < 4.78 is 2.84. The van der Waals surface area contributed by atoms with Crippen LogP contribution in [0.25, 0.3) is 11.8 Å². The van der Waals surface area contributed by atoms with Crippen LogP contribution in [0, 0.1) is 13.8 Å². The van der Waals surface area contributed by atoms with E-state index < -0.39 is 17.8 Å². The Morgan fingerprint density at radius 2 is 1.75 bits per heavy atom. The third-order valence-electron chi connectivity index (χ3n) is 5.55. The number of aromatic nitrogens is 1. The van der Waals surface area contributed by atoms with Gasteiger partial charge in [0.25, 0.3) is 11.8 Å². The van der Waals surface area contributed by atoms with Crippen molar-refractivity contribution in [2.45, 2.75) is 27.2 Å². The number of imide groups is 2. The lowest BCUT2D eigenvalue weighted by Crippen LogP contribution is -2.54.